The van der Waals surface area contributed by atoms with Gasteiger partial charge in [-0.25, -0.2) is 0 Å². The number of likely N-dealkylation sites (tertiary alicyclic amines) is 1. The molecule has 33 heavy (non-hydrogen) atoms. The molecule has 178 valence electrons. The summed E-state index contributed by atoms with van der Waals surface area (Å²) in [6, 6.07) is 11.7. The van der Waals surface area contributed by atoms with Crippen molar-refractivity contribution in [3.8, 4) is 0 Å². The van der Waals surface area contributed by atoms with Gasteiger partial charge in [-0.2, -0.15) is 0 Å². The normalized spacial score (nSPS) is 19.5. The molecule has 0 bridgehead atoms. The zero-order chi connectivity index (χ0) is 23.0. The number of carbonyl (C=O) groups is 2. The summed E-state index contributed by atoms with van der Waals surface area (Å²) in [6.07, 6.45) is 6.10. The first-order valence-electron chi connectivity index (χ1n) is 12.3. The Kier molecular flexibility index (Phi) is 8.05. The number of rotatable bonds is 8. The third kappa shape index (κ3) is 6.16. The second kappa shape index (κ2) is 11.4. The summed E-state index contributed by atoms with van der Waals surface area (Å²) in [7, 11) is 0. The van der Waals surface area contributed by atoms with Crippen LogP contribution in [0.4, 0.5) is 5.69 Å². The van der Waals surface area contributed by atoms with Crippen LogP contribution in [-0.4, -0.2) is 73.5 Å². The Hall–Kier alpha value is -2.80. The number of hydrogen-bond donors (Lipinski definition) is 1. The lowest BCUT2D eigenvalue weighted by Crippen LogP contribution is -2.52. The lowest BCUT2D eigenvalue weighted by Gasteiger charge is -2.36. The van der Waals surface area contributed by atoms with Crippen molar-refractivity contribution in [2.45, 2.75) is 45.1 Å². The SMILES string of the molecule is Cc1cccc(N2CCN(CCCCNC(=O)C3CCCCN3C(=O)c3ccco3)CC2)c1. The maximum Gasteiger partial charge on any atom is 0.290 e. The topological polar surface area (TPSA) is 69.0 Å². The molecule has 2 aromatic rings. The number of piperidine rings is 1. The smallest absolute Gasteiger partial charge is 0.290 e. The van der Waals surface area contributed by atoms with Gasteiger partial charge in [0.2, 0.25) is 5.91 Å². The molecule has 0 aliphatic carbocycles. The highest BCUT2D eigenvalue weighted by Gasteiger charge is 2.33. The molecule has 1 N–H and O–H groups in total. The number of carbonyl (C=O) groups excluding carboxylic acids is 2. The fraction of sp³-hybridized carbons (Fsp3) is 0.538. The second-order valence-electron chi connectivity index (χ2n) is 9.15. The number of anilines is 1. The Morgan fingerprint density at radius 1 is 1.03 bits per heavy atom. The third-order valence-electron chi connectivity index (χ3n) is 6.74. The average Bonchev–Trinajstić information content (AvgIpc) is 3.39. The van der Waals surface area contributed by atoms with E-state index in [1.165, 1.54) is 17.5 Å². The molecule has 0 saturated carbocycles. The summed E-state index contributed by atoms with van der Waals surface area (Å²) >= 11 is 0. The number of benzene rings is 1. The number of amides is 2. The highest BCUT2D eigenvalue weighted by Crippen LogP contribution is 2.21. The summed E-state index contributed by atoms with van der Waals surface area (Å²) in [4.78, 5) is 32.1. The van der Waals surface area contributed by atoms with Gasteiger partial charge in [-0.15, -0.1) is 0 Å². The lowest BCUT2D eigenvalue weighted by atomic mass is 10.0. The van der Waals surface area contributed by atoms with Gasteiger partial charge in [0.1, 0.15) is 6.04 Å². The molecule has 7 heteroatoms. The molecule has 0 radical (unpaired) electrons. The van der Waals surface area contributed by atoms with E-state index in [4.69, 9.17) is 4.42 Å². The predicted molar refractivity (Wildman–Crippen MR) is 129 cm³/mol. The van der Waals surface area contributed by atoms with E-state index in [0.29, 0.717) is 25.3 Å². The zero-order valence-corrected chi connectivity index (χ0v) is 19.7. The maximum atomic E-state index is 12.8. The van der Waals surface area contributed by atoms with E-state index >= 15 is 0 Å². The van der Waals surface area contributed by atoms with Crippen molar-refractivity contribution in [2.75, 3.05) is 50.7 Å². The van der Waals surface area contributed by atoms with E-state index in [1.54, 1.807) is 17.0 Å². The van der Waals surface area contributed by atoms with Crippen molar-refractivity contribution < 1.29 is 14.0 Å². The van der Waals surface area contributed by atoms with Gasteiger partial charge in [-0.3, -0.25) is 14.5 Å². The lowest BCUT2D eigenvalue weighted by molar-refractivity contribution is -0.126. The van der Waals surface area contributed by atoms with Crippen molar-refractivity contribution in [3.63, 3.8) is 0 Å². The average molecular weight is 453 g/mol. The number of nitrogens with zero attached hydrogens (tertiary/aromatic N) is 3. The molecule has 1 atom stereocenters. The number of nitrogens with one attached hydrogen (secondary N) is 1. The monoisotopic (exact) mass is 452 g/mol. The minimum atomic E-state index is -0.397. The van der Waals surface area contributed by atoms with Crippen LogP contribution in [0.25, 0.3) is 0 Å². The molecule has 1 aromatic heterocycles. The minimum absolute atomic E-state index is 0.0404. The summed E-state index contributed by atoms with van der Waals surface area (Å²) < 4.78 is 5.25. The Labute approximate surface area is 196 Å². The summed E-state index contributed by atoms with van der Waals surface area (Å²) in [6.45, 7) is 8.72. The quantitative estimate of drug-likeness (QED) is 0.623. The number of aryl methyl sites for hydroxylation is 1. The second-order valence-corrected chi connectivity index (χ2v) is 9.15. The van der Waals surface area contributed by atoms with E-state index in [9.17, 15) is 9.59 Å². The van der Waals surface area contributed by atoms with Crippen molar-refractivity contribution in [1.29, 1.82) is 0 Å². The minimum Gasteiger partial charge on any atom is -0.459 e. The zero-order valence-electron chi connectivity index (χ0n) is 19.7. The van der Waals surface area contributed by atoms with Gasteiger partial charge in [-0.1, -0.05) is 12.1 Å². The van der Waals surface area contributed by atoms with Crippen molar-refractivity contribution in [3.05, 3.63) is 54.0 Å². The number of piperazine rings is 1. The van der Waals surface area contributed by atoms with Gasteiger partial charge in [0.15, 0.2) is 5.76 Å². The van der Waals surface area contributed by atoms with Crippen LogP contribution in [0.3, 0.4) is 0 Å². The Balaban J connectivity index is 1.14. The van der Waals surface area contributed by atoms with Crippen LogP contribution in [0.15, 0.2) is 47.1 Å². The van der Waals surface area contributed by atoms with Gasteiger partial charge in [0.05, 0.1) is 6.26 Å². The maximum absolute atomic E-state index is 12.8. The van der Waals surface area contributed by atoms with E-state index in [2.05, 4.69) is 46.3 Å². The van der Waals surface area contributed by atoms with E-state index in [1.807, 2.05) is 0 Å². The number of furan rings is 1. The van der Waals surface area contributed by atoms with E-state index in [0.717, 1.165) is 58.4 Å². The third-order valence-corrected chi connectivity index (χ3v) is 6.74. The fourth-order valence-corrected chi connectivity index (χ4v) is 4.83. The molecular weight excluding hydrogens is 416 g/mol. The summed E-state index contributed by atoms with van der Waals surface area (Å²) in [5.41, 5.74) is 2.62. The molecular formula is C26H36N4O3. The van der Waals surface area contributed by atoms with Gasteiger partial charge in [-0.05, 0) is 75.4 Å². The fourth-order valence-electron chi connectivity index (χ4n) is 4.83. The van der Waals surface area contributed by atoms with Crippen molar-refractivity contribution in [1.82, 2.24) is 15.1 Å². The Morgan fingerprint density at radius 2 is 1.88 bits per heavy atom. The van der Waals surface area contributed by atoms with Gasteiger partial charge < -0.3 is 19.5 Å². The van der Waals surface area contributed by atoms with E-state index < -0.39 is 6.04 Å². The summed E-state index contributed by atoms with van der Waals surface area (Å²) in [5, 5.41) is 3.06. The first-order valence-corrected chi connectivity index (χ1v) is 12.3. The van der Waals surface area contributed by atoms with Crippen LogP contribution in [0, 0.1) is 6.92 Å². The van der Waals surface area contributed by atoms with Crippen LogP contribution < -0.4 is 10.2 Å². The first kappa shape index (κ1) is 23.4. The van der Waals surface area contributed by atoms with Crippen LogP contribution in [0.5, 0.6) is 0 Å². The molecule has 7 nitrogen and oxygen atoms in total. The number of unbranched alkanes of at least 4 members (excludes halogenated alkanes) is 1. The summed E-state index contributed by atoms with van der Waals surface area (Å²) in [5.74, 6) is 0.0724. The molecule has 4 rings (SSSR count). The van der Waals surface area contributed by atoms with Crippen LogP contribution in [0.1, 0.15) is 48.2 Å². The van der Waals surface area contributed by atoms with Gasteiger partial charge in [0, 0.05) is 45.0 Å². The molecule has 1 aromatic carbocycles. The van der Waals surface area contributed by atoms with E-state index in [-0.39, 0.29) is 11.8 Å². The molecule has 1 unspecified atom stereocenters. The standard InChI is InChI=1S/C26H36N4O3/c1-21-8-6-9-22(20-21)29-17-15-28(16-18-29)13-5-3-12-27-25(31)23-10-2-4-14-30(23)26(32)24-11-7-19-33-24/h6-9,11,19-20,23H,2-5,10,12-18H2,1H3,(H,27,31). The predicted octanol–water partition coefficient (Wildman–Crippen LogP) is 3.30. The molecule has 2 fully saturated rings. The van der Waals surface area contributed by atoms with Crippen LogP contribution in [0.2, 0.25) is 0 Å². The highest BCUT2D eigenvalue weighted by atomic mass is 16.3. The van der Waals surface area contributed by atoms with Crippen molar-refractivity contribution in [2.24, 2.45) is 0 Å². The Morgan fingerprint density at radius 3 is 2.64 bits per heavy atom. The number of hydrogen-bond acceptors (Lipinski definition) is 5. The molecule has 3 heterocycles. The first-order chi connectivity index (χ1) is 16.1. The van der Waals surface area contributed by atoms with Crippen molar-refractivity contribution >= 4 is 17.5 Å². The molecule has 2 aliphatic heterocycles. The van der Waals surface area contributed by atoms with Crippen LogP contribution in [-0.2, 0) is 4.79 Å². The van der Waals surface area contributed by atoms with Gasteiger partial charge >= 0.3 is 0 Å². The molecule has 0 spiro atoms. The largest absolute Gasteiger partial charge is 0.459 e. The van der Waals surface area contributed by atoms with Gasteiger partial charge in [0.25, 0.3) is 5.91 Å². The van der Waals surface area contributed by atoms with Crippen LogP contribution >= 0.6 is 0 Å². The highest BCUT2D eigenvalue weighted by molar-refractivity contribution is 5.95. The molecule has 2 saturated heterocycles. The Bertz CT molecular complexity index is 906. The molecule has 2 amide bonds. The molecule has 2 aliphatic rings.